The molecule has 18 heavy (non-hydrogen) atoms. The normalized spacial score (nSPS) is 16.7. The number of hydrogen-bond acceptors (Lipinski definition) is 2. The fraction of sp³-hybridized carbons (Fsp3) is 0.500. The molecule has 0 spiro atoms. The van der Waals surface area contributed by atoms with Crippen LogP contribution in [0.3, 0.4) is 0 Å². The Morgan fingerprint density at radius 2 is 1.78 bits per heavy atom. The lowest BCUT2D eigenvalue weighted by Crippen LogP contribution is -2.50. The van der Waals surface area contributed by atoms with Crippen LogP contribution in [0, 0.1) is 0 Å². The maximum absolute atomic E-state index is 12.2. The predicted molar refractivity (Wildman–Crippen MR) is 72.4 cm³/mol. The molecule has 0 aliphatic carbocycles. The molecule has 2 amide bonds. The monoisotopic (exact) mass is 247 g/mol. The SMILES string of the molecule is CN1CCN(C(=O)N(C)Cc2ccccc2)CC1. The first-order chi connectivity index (χ1) is 8.66. The van der Waals surface area contributed by atoms with Crippen molar-refractivity contribution in [1.29, 1.82) is 0 Å². The van der Waals surface area contributed by atoms with Crippen molar-refractivity contribution < 1.29 is 4.79 Å². The second-order valence-electron chi connectivity index (χ2n) is 4.91. The van der Waals surface area contributed by atoms with E-state index in [2.05, 4.69) is 11.9 Å². The molecule has 1 aromatic rings. The number of carbonyl (C=O) groups is 1. The third-order valence-corrected chi connectivity index (χ3v) is 3.36. The summed E-state index contributed by atoms with van der Waals surface area (Å²) in [7, 11) is 3.96. The van der Waals surface area contributed by atoms with Crippen LogP contribution in [0.2, 0.25) is 0 Å². The van der Waals surface area contributed by atoms with Gasteiger partial charge in [0.2, 0.25) is 0 Å². The van der Waals surface area contributed by atoms with Crippen LogP contribution in [0.5, 0.6) is 0 Å². The zero-order chi connectivity index (χ0) is 13.0. The summed E-state index contributed by atoms with van der Waals surface area (Å²) in [6, 6.07) is 10.2. The minimum absolute atomic E-state index is 0.131. The Labute approximate surface area is 109 Å². The Balaban J connectivity index is 1.89. The summed E-state index contributed by atoms with van der Waals surface area (Å²) in [6.07, 6.45) is 0. The molecule has 0 radical (unpaired) electrons. The molecule has 4 heteroatoms. The van der Waals surface area contributed by atoms with Gasteiger partial charge < -0.3 is 14.7 Å². The maximum Gasteiger partial charge on any atom is 0.320 e. The van der Waals surface area contributed by atoms with Gasteiger partial charge in [-0.3, -0.25) is 0 Å². The van der Waals surface area contributed by atoms with Gasteiger partial charge in [0.1, 0.15) is 0 Å². The molecule has 1 heterocycles. The van der Waals surface area contributed by atoms with Crippen molar-refractivity contribution in [1.82, 2.24) is 14.7 Å². The molecule has 1 aromatic carbocycles. The van der Waals surface area contributed by atoms with Crippen LogP contribution in [-0.2, 0) is 6.54 Å². The van der Waals surface area contributed by atoms with Gasteiger partial charge >= 0.3 is 6.03 Å². The van der Waals surface area contributed by atoms with E-state index in [1.807, 2.05) is 42.3 Å². The van der Waals surface area contributed by atoms with Crippen molar-refractivity contribution in [3.05, 3.63) is 35.9 Å². The molecule has 0 bridgehead atoms. The lowest BCUT2D eigenvalue weighted by molar-refractivity contribution is 0.127. The van der Waals surface area contributed by atoms with E-state index < -0.39 is 0 Å². The number of amides is 2. The minimum atomic E-state index is 0.131. The molecule has 0 saturated carbocycles. The Morgan fingerprint density at radius 1 is 1.17 bits per heavy atom. The van der Waals surface area contributed by atoms with Gasteiger partial charge in [-0.15, -0.1) is 0 Å². The highest BCUT2D eigenvalue weighted by Gasteiger charge is 2.21. The highest BCUT2D eigenvalue weighted by Crippen LogP contribution is 2.07. The van der Waals surface area contributed by atoms with E-state index in [9.17, 15) is 4.79 Å². The van der Waals surface area contributed by atoms with Gasteiger partial charge in [-0.2, -0.15) is 0 Å². The van der Waals surface area contributed by atoms with Crippen LogP contribution < -0.4 is 0 Å². The summed E-state index contributed by atoms with van der Waals surface area (Å²) in [6.45, 7) is 4.25. The zero-order valence-corrected chi connectivity index (χ0v) is 11.2. The zero-order valence-electron chi connectivity index (χ0n) is 11.2. The van der Waals surface area contributed by atoms with Crippen molar-refractivity contribution in [3.8, 4) is 0 Å². The summed E-state index contributed by atoms with van der Waals surface area (Å²) < 4.78 is 0. The molecule has 1 aliphatic heterocycles. The van der Waals surface area contributed by atoms with Crippen molar-refractivity contribution in [2.24, 2.45) is 0 Å². The van der Waals surface area contributed by atoms with E-state index in [4.69, 9.17) is 0 Å². The fourth-order valence-electron chi connectivity index (χ4n) is 2.16. The van der Waals surface area contributed by atoms with Crippen molar-refractivity contribution >= 4 is 6.03 Å². The first-order valence-electron chi connectivity index (χ1n) is 6.39. The van der Waals surface area contributed by atoms with Gasteiger partial charge in [0.15, 0.2) is 0 Å². The highest BCUT2D eigenvalue weighted by atomic mass is 16.2. The predicted octanol–water partition coefficient (Wildman–Crippen LogP) is 1.49. The molecule has 1 fully saturated rings. The van der Waals surface area contributed by atoms with E-state index in [0.29, 0.717) is 6.54 Å². The number of piperazine rings is 1. The average molecular weight is 247 g/mol. The summed E-state index contributed by atoms with van der Waals surface area (Å²) >= 11 is 0. The van der Waals surface area contributed by atoms with Gasteiger partial charge in [0.25, 0.3) is 0 Å². The number of urea groups is 1. The summed E-state index contributed by atoms with van der Waals surface area (Å²) in [5.41, 5.74) is 1.17. The summed E-state index contributed by atoms with van der Waals surface area (Å²) in [5.74, 6) is 0. The Kier molecular flexibility index (Phi) is 4.20. The number of benzene rings is 1. The third kappa shape index (κ3) is 3.23. The van der Waals surface area contributed by atoms with E-state index in [1.54, 1.807) is 4.90 Å². The molecule has 1 aliphatic rings. The van der Waals surface area contributed by atoms with Crippen LogP contribution in [0.4, 0.5) is 4.79 Å². The standard InChI is InChI=1S/C14H21N3O/c1-15-8-10-17(11-9-15)14(18)16(2)12-13-6-4-3-5-7-13/h3-7H,8-12H2,1-2H3. The molecular weight excluding hydrogens is 226 g/mol. The molecule has 0 N–H and O–H groups in total. The van der Waals surface area contributed by atoms with E-state index in [0.717, 1.165) is 26.2 Å². The number of likely N-dealkylation sites (N-methyl/N-ethyl adjacent to an activating group) is 1. The minimum Gasteiger partial charge on any atom is -0.323 e. The van der Waals surface area contributed by atoms with Gasteiger partial charge in [-0.05, 0) is 12.6 Å². The highest BCUT2D eigenvalue weighted by molar-refractivity contribution is 5.74. The summed E-state index contributed by atoms with van der Waals surface area (Å²) in [5, 5.41) is 0. The van der Waals surface area contributed by atoms with Gasteiger partial charge in [0.05, 0.1) is 0 Å². The van der Waals surface area contributed by atoms with Crippen LogP contribution in [0.1, 0.15) is 5.56 Å². The van der Waals surface area contributed by atoms with Crippen LogP contribution in [0.25, 0.3) is 0 Å². The Hall–Kier alpha value is -1.55. The van der Waals surface area contributed by atoms with Crippen LogP contribution >= 0.6 is 0 Å². The average Bonchev–Trinajstić information content (AvgIpc) is 2.40. The number of carbonyl (C=O) groups excluding carboxylic acids is 1. The molecule has 1 saturated heterocycles. The van der Waals surface area contributed by atoms with E-state index in [1.165, 1.54) is 5.56 Å². The maximum atomic E-state index is 12.2. The largest absolute Gasteiger partial charge is 0.323 e. The Morgan fingerprint density at radius 3 is 2.39 bits per heavy atom. The van der Waals surface area contributed by atoms with Crippen LogP contribution in [-0.4, -0.2) is 61.0 Å². The lowest BCUT2D eigenvalue weighted by atomic mass is 10.2. The quantitative estimate of drug-likeness (QED) is 0.791. The van der Waals surface area contributed by atoms with Gasteiger partial charge in [-0.1, -0.05) is 30.3 Å². The number of nitrogens with zero attached hydrogens (tertiary/aromatic N) is 3. The second kappa shape index (κ2) is 5.87. The molecule has 0 unspecified atom stereocenters. The van der Waals surface area contributed by atoms with Crippen LogP contribution in [0.15, 0.2) is 30.3 Å². The van der Waals surface area contributed by atoms with E-state index in [-0.39, 0.29) is 6.03 Å². The smallest absolute Gasteiger partial charge is 0.320 e. The number of hydrogen-bond donors (Lipinski definition) is 0. The van der Waals surface area contributed by atoms with Gasteiger partial charge in [0, 0.05) is 39.8 Å². The first kappa shape index (κ1) is 12.9. The van der Waals surface area contributed by atoms with Crippen molar-refractivity contribution in [3.63, 3.8) is 0 Å². The van der Waals surface area contributed by atoms with Gasteiger partial charge in [-0.25, -0.2) is 4.79 Å². The second-order valence-corrected chi connectivity index (χ2v) is 4.91. The molecule has 0 atom stereocenters. The molecular formula is C14H21N3O. The van der Waals surface area contributed by atoms with Crippen molar-refractivity contribution in [2.45, 2.75) is 6.54 Å². The molecule has 4 nitrogen and oxygen atoms in total. The molecule has 98 valence electrons. The lowest BCUT2D eigenvalue weighted by Gasteiger charge is -2.35. The first-order valence-corrected chi connectivity index (χ1v) is 6.39. The number of rotatable bonds is 2. The molecule has 0 aromatic heterocycles. The fourth-order valence-corrected chi connectivity index (χ4v) is 2.16. The van der Waals surface area contributed by atoms with Crippen molar-refractivity contribution in [2.75, 3.05) is 40.3 Å². The van der Waals surface area contributed by atoms with E-state index >= 15 is 0 Å². The third-order valence-electron chi connectivity index (χ3n) is 3.36. The molecule has 2 rings (SSSR count). The topological polar surface area (TPSA) is 26.8 Å². The summed E-state index contributed by atoms with van der Waals surface area (Å²) in [4.78, 5) is 18.2. The Bertz CT molecular complexity index is 385.